The van der Waals surface area contributed by atoms with Gasteiger partial charge in [0.05, 0.1) is 6.10 Å². The molecule has 1 fully saturated rings. The van der Waals surface area contributed by atoms with Gasteiger partial charge in [0.2, 0.25) is 0 Å². The molecule has 0 unspecified atom stereocenters. The fourth-order valence-electron chi connectivity index (χ4n) is 5.10. The van der Waals surface area contributed by atoms with Crippen molar-refractivity contribution < 1.29 is 9.53 Å². The molecule has 1 N–H and O–H groups in total. The molecule has 2 nitrogen and oxygen atoms in total. The Labute approximate surface area is 207 Å². The van der Waals surface area contributed by atoms with Crippen LogP contribution < -0.4 is 10.4 Å². The van der Waals surface area contributed by atoms with Crippen LogP contribution in [0.15, 0.2) is 95.0 Å². The summed E-state index contributed by atoms with van der Waals surface area (Å²) in [5.74, 6) is 0.00953. The molecule has 1 saturated carbocycles. The summed E-state index contributed by atoms with van der Waals surface area (Å²) in [5.41, 5.74) is 2.44. The largest absolute Gasteiger partial charge is 0.407 e. The minimum atomic E-state index is -2.62. The lowest BCUT2D eigenvalue weighted by Crippen LogP contribution is -2.67. The van der Waals surface area contributed by atoms with Gasteiger partial charge in [0, 0.05) is 17.0 Å². The SMILES string of the molecule is CC(C)(C)[Si](OC[C@@H]1/C(=C/c2ccc(Br)cc2)CC[C@H]1O)(c1ccccc1)c1ccccc1. The van der Waals surface area contributed by atoms with E-state index in [9.17, 15) is 5.11 Å². The highest BCUT2D eigenvalue weighted by Gasteiger charge is 2.50. The fraction of sp³-hybridized carbons (Fsp3) is 0.310. The Morgan fingerprint density at radius 3 is 1.97 bits per heavy atom. The first-order valence-corrected chi connectivity index (χ1v) is 14.4. The van der Waals surface area contributed by atoms with Crippen LogP contribution in [0.4, 0.5) is 0 Å². The van der Waals surface area contributed by atoms with E-state index in [1.54, 1.807) is 0 Å². The molecule has 1 aliphatic rings. The van der Waals surface area contributed by atoms with E-state index in [0.29, 0.717) is 6.61 Å². The molecule has 3 aromatic rings. The third-order valence-corrected chi connectivity index (χ3v) is 12.3. The van der Waals surface area contributed by atoms with Crippen LogP contribution in [0.3, 0.4) is 0 Å². The molecular formula is C29H33BrO2Si. The van der Waals surface area contributed by atoms with E-state index in [0.717, 1.165) is 22.9 Å². The van der Waals surface area contributed by atoms with E-state index in [-0.39, 0.29) is 17.1 Å². The van der Waals surface area contributed by atoms with E-state index in [1.165, 1.54) is 15.9 Å². The summed E-state index contributed by atoms with van der Waals surface area (Å²) in [6, 6.07) is 29.8. The summed E-state index contributed by atoms with van der Waals surface area (Å²) < 4.78 is 8.21. The molecule has 3 aromatic carbocycles. The highest BCUT2D eigenvalue weighted by Crippen LogP contribution is 2.39. The second-order valence-corrected chi connectivity index (χ2v) is 15.2. The van der Waals surface area contributed by atoms with Crippen LogP contribution in [-0.2, 0) is 4.43 Å². The van der Waals surface area contributed by atoms with Crippen LogP contribution >= 0.6 is 15.9 Å². The second kappa shape index (κ2) is 10.1. The van der Waals surface area contributed by atoms with E-state index < -0.39 is 8.32 Å². The molecule has 0 bridgehead atoms. The van der Waals surface area contributed by atoms with E-state index in [1.807, 2.05) is 0 Å². The molecule has 0 heterocycles. The van der Waals surface area contributed by atoms with Crippen molar-refractivity contribution in [2.45, 2.75) is 44.8 Å². The highest BCUT2D eigenvalue weighted by atomic mass is 79.9. The first-order chi connectivity index (χ1) is 15.8. The maximum atomic E-state index is 10.9. The maximum absolute atomic E-state index is 10.9. The second-order valence-electron chi connectivity index (χ2n) is 9.96. The molecule has 2 atom stereocenters. The number of aliphatic hydroxyl groups excluding tert-OH is 1. The van der Waals surface area contributed by atoms with Gasteiger partial charge in [0.1, 0.15) is 0 Å². The summed E-state index contributed by atoms with van der Waals surface area (Å²) in [7, 11) is -2.62. The predicted molar refractivity (Wildman–Crippen MR) is 144 cm³/mol. The molecule has 4 rings (SSSR count). The van der Waals surface area contributed by atoms with Crippen molar-refractivity contribution in [3.63, 3.8) is 0 Å². The zero-order valence-electron chi connectivity index (χ0n) is 19.7. The monoisotopic (exact) mass is 520 g/mol. The molecule has 0 saturated heterocycles. The molecule has 4 heteroatoms. The number of hydrogen-bond acceptors (Lipinski definition) is 2. The molecule has 172 valence electrons. The minimum absolute atomic E-state index is 0.00953. The van der Waals surface area contributed by atoms with E-state index in [4.69, 9.17) is 4.43 Å². The van der Waals surface area contributed by atoms with E-state index in [2.05, 4.69) is 128 Å². The Kier molecular flexibility index (Phi) is 7.39. The topological polar surface area (TPSA) is 29.5 Å². The first kappa shape index (κ1) is 24.2. The number of halogens is 1. The number of rotatable bonds is 6. The molecule has 0 aromatic heterocycles. The molecular weight excluding hydrogens is 488 g/mol. The van der Waals surface area contributed by atoms with E-state index >= 15 is 0 Å². The summed E-state index contributed by atoms with van der Waals surface area (Å²) in [5, 5.41) is 13.4. The quantitative estimate of drug-likeness (QED) is 0.393. The lowest BCUT2D eigenvalue weighted by Gasteiger charge is -2.43. The van der Waals surface area contributed by atoms with Gasteiger partial charge in [-0.1, -0.05) is 121 Å². The Bertz CT molecular complexity index is 1030. The normalized spacial score (nSPS) is 20.3. The fourth-order valence-corrected chi connectivity index (χ4v) is 9.94. The molecule has 0 radical (unpaired) electrons. The van der Waals surface area contributed by atoms with Crippen molar-refractivity contribution in [2.75, 3.05) is 6.61 Å². The van der Waals surface area contributed by atoms with Crippen LogP contribution in [0.25, 0.3) is 6.08 Å². The van der Waals surface area contributed by atoms with Crippen molar-refractivity contribution >= 4 is 40.7 Å². The lowest BCUT2D eigenvalue weighted by molar-refractivity contribution is 0.107. The smallest absolute Gasteiger partial charge is 0.261 e. The molecule has 33 heavy (non-hydrogen) atoms. The third kappa shape index (κ3) is 5.09. The Hall–Kier alpha value is -1.98. The van der Waals surface area contributed by atoms with Crippen molar-refractivity contribution in [3.05, 3.63) is 101 Å². The number of aliphatic hydroxyl groups is 1. The zero-order valence-corrected chi connectivity index (χ0v) is 22.3. The van der Waals surface area contributed by atoms with Crippen LogP contribution in [0, 0.1) is 5.92 Å². The van der Waals surface area contributed by atoms with Gasteiger partial charge in [0.25, 0.3) is 8.32 Å². The van der Waals surface area contributed by atoms with Gasteiger partial charge < -0.3 is 9.53 Å². The standard InChI is InChI=1S/C29H33BrO2Si/c1-29(2,3)33(25-10-6-4-7-11-25,26-12-8-5-9-13-26)32-21-27-23(16-19-28(27)31)20-22-14-17-24(30)18-15-22/h4-15,17-18,20,27-28,31H,16,19,21H2,1-3H3/b23-20+/t27-,28-/m1/s1. The van der Waals surface area contributed by atoms with Crippen LogP contribution in [0.1, 0.15) is 39.2 Å². The summed E-state index contributed by atoms with van der Waals surface area (Å²) in [6.07, 6.45) is 3.57. The van der Waals surface area contributed by atoms with Gasteiger partial charge in [-0.05, 0) is 45.9 Å². The third-order valence-electron chi connectivity index (χ3n) is 6.79. The summed E-state index contributed by atoms with van der Waals surface area (Å²) in [6.45, 7) is 7.41. The van der Waals surface area contributed by atoms with Crippen molar-refractivity contribution in [3.8, 4) is 0 Å². The summed E-state index contributed by atoms with van der Waals surface area (Å²) in [4.78, 5) is 0. The average Bonchev–Trinajstić information content (AvgIpc) is 3.15. The van der Waals surface area contributed by atoms with Crippen LogP contribution in [-0.4, -0.2) is 26.1 Å². The van der Waals surface area contributed by atoms with Crippen LogP contribution in [0.2, 0.25) is 5.04 Å². The van der Waals surface area contributed by atoms with Crippen molar-refractivity contribution in [2.24, 2.45) is 5.92 Å². The minimum Gasteiger partial charge on any atom is -0.407 e. The van der Waals surface area contributed by atoms with Gasteiger partial charge in [-0.15, -0.1) is 0 Å². The van der Waals surface area contributed by atoms with Gasteiger partial charge in [-0.25, -0.2) is 0 Å². The number of hydrogen-bond donors (Lipinski definition) is 1. The molecule has 0 aliphatic heterocycles. The maximum Gasteiger partial charge on any atom is 0.261 e. The summed E-state index contributed by atoms with van der Waals surface area (Å²) >= 11 is 3.51. The Morgan fingerprint density at radius 1 is 0.909 bits per heavy atom. The molecule has 0 amide bonds. The first-order valence-electron chi connectivity index (χ1n) is 11.7. The molecule has 0 spiro atoms. The van der Waals surface area contributed by atoms with Gasteiger partial charge in [-0.3, -0.25) is 0 Å². The van der Waals surface area contributed by atoms with Gasteiger partial charge >= 0.3 is 0 Å². The van der Waals surface area contributed by atoms with Crippen molar-refractivity contribution in [1.29, 1.82) is 0 Å². The zero-order chi connectivity index (χ0) is 23.5. The highest BCUT2D eigenvalue weighted by molar-refractivity contribution is 9.10. The van der Waals surface area contributed by atoms with Gasteiger partial charge in [-0.2, -0.15) is 0 Å². The molecule has 1 aliphatic carbocycles. The van der Waals surface area contributed by atoms with Gasteiger partial charge in [0.15, 0.2) is 0 Å². The van der Waals surface area contributed by atoms with Crippen molar-refractivity contribution in [1.82, 2.24) is 0 Å². The van der Waals surface area contributed by atoms with Crippen LogP contribution in [0.5, 0.6) is 0 Å². The Balaban J connectivity index is 1.71. The Morgan fingerprint density at radius 2 is 1.45 bits per heavy atom. The lowest BCUT2D eigenvalue weighted by atomic mass is 10.00. The predicted octanol–water partition coefficient (Wildman–Crippen LogP) is 6.18. The number of benzene rings is 3. The average molecular weight is 522 g/mol.